The number of hydrogen-bond donors (Lipinski definition) is 0. The summed E-state index contributed by atoms with van der Waals surface area (Å²) in [5, 5.41) is 0.493. The number of carbonyl (C=O) groups is 3. The molecule has 2 atom stereocenters. The van der Waals surface area contributed by atoms with Gasteiger partial charge >= 0.3 is 0 Å². The normalized spacial score (nSPS) is 16.2. The number of imide groups is 1. The maximum absolute atomic E-state index is 13.9. The largest absolute Gasteiger partial charge is 0.493 e. The van der Waals surface area contributed by atoms with E-state index in [4.69, 9.17) is 21.1 Å². The van der Waals surface area contributed by atoms with Crippen LogP contribution in [0.25, 0.3) is 0 Å². The lowest BCUT2D eigenvalue weighted by molar-refractivity contribution is -0.122. The Hall–Kier alpha value is -3.84. The van der Waals surface area contributed by atoms with Crippen molar-refractivity contribution in [3.8, 4) is 11.5 Å². The maximum Gasteiger partial charge on any atom is 0.257 e. The van der Waals surface area contributed by atoms with E-state index in [1.807, 2.05) is 37.3 Å². The Kier molecular flexibility index (Phi) is 7.07. The maximum atomic E-state index is 13.9. The van der Waals surface area contributed by atoms with Gasteiger partial charge in [-0.2, -0.15) is 0 Å². The predicted molar refractivity (Wildman–Crippen MR) is 133 cm³/mol. The first-order chi connectivity index (χ1) is 16.8. The molecular weight excluding hydrogens is 468 g/mol. The van der Waals surface area contributed by atoms with Crippen LogP contribution in [0, 0.1) is 0 Å². The van der Waals surface area contributed by atoms with Crippen LogP contribution in [0.3, 0.4) is 0 Å². The van der Waals surface area contributed by atoms with Crippen LogP contribution in [0.2, 0.25) is 5.02 Å². The minimum atomic E-state index is -0.978. The highest BCUT2D eigenvalue weighted by Crippen LogP contribution is 2.34. The summed E-state index contributed by atoms with van der Waals surface area (Å²) in [6, 6.07) is 19.2. The Morgan fingerprint density at radius 3 is 2.26 bits per heavy atom. The molecule has 1 heterocycles. The van der Waals surface area contributed by atoms with Gasteiger partial charge in [-0.15, -0.1) is 0 Å². The Morgan fingerprint density at radius 1 is 0.971 bits per heavy atom. The van der Waals surface area contributed by atoms with Crippen LogP contribution in [0.5, 0.6) is 11.5 Å². The second-order valence-corrected chi connectivity index (χ2v) is 8.57. The SMILES string of the molecule is COc1ccc(C(=O)N(C2CC(=O)N(c3ccc(Cl)cc3)C2=O)C(C)c2ccccc2)cc1OC. The molecule has 1 aliphatic heterocycles. The van der Waals surface area contributed by atoms with Gasteiger partial charge in [0.2, 0.25) is 5.91 Å². The number of ether oxygens (including phenoxy) is 2. The van der Waals surface area contributed by atoms with Crippen molar-refractivity contribution < 1.29 is 23.9 Å². The summed E-state index contributed by atoms with van der Waals surface area (Å²) >= 11 is 5.97. The van der Waals surface area contributed by atoms with Crippen molar-refractivity contribution in [3.05, 3.63) is 88.9 Å². The van der Waals surface area contributed by atoms with Crippen LogP contribution in [0.15, 0.2) is 72.8 Å². The molecule has 1 fully saturated rings. The molecule has 35 heavy (non-hydrogen) atoms. The van der Waals surface area contributed by atoms with E-state index < -0.39 is 23.9 Å². The van der Waals surface area contributed by atoms with Crippen molar-refractivity contribution in [3.63, 3.8) is 0 Å². The smallest absolute Gasteiger partial charge is 0.257 e. The molecule has 0 bridgehead atoms. The number of methoxy groups -OCH3 is 2. The van der Waals surface area contributed by atoms with Crippen LogP contribution in [0.4, 0.5) is 5.69 Å². The van der Waals surface area contributed by atoms with Gasteiger partial charge in [0.15, 0.2) is 11.5 Å². The van der Waals surface area contributed by atoms with Gasteiger partial charge in [-0.05, 0) is 55.0 Å². The zero-order valence-electron chi connectivity index (χ0n) is 19.6. The van der Waals surface area contributed by atoms with Crippen molar-refractivity contribution in [2.24, 2.45) is 0 Å². The Bertz CT molecular complexity index is 1250. The third kappa shape index (κ3) is 4.72. The molecule has 0 N–H and O–H groups in total. The van der Waals surface area contributed by atoms with E-state index in [9.17, 15) is 14.4 Å². The highest BCUT2D eigenvalue weighted by Gasteiger charge is 2.46. The molecule has 4 rings (SSSR count). The average molecular weight is 493 g/mol. The fraction of sp³-hybridized carbons (Fsp3) is 0.222. The van der Waals surface area contributed by atoms with Crippen LogP contribution >= 0.6 is 11.6 Å². The molecular formula is C27H25ClN2O5. The number of amides is 3. The lowest BCUT2D eigenvalue weighted by atomic mass is 10.0. The van der Waals surface area contributed by atoms with E-state index in [1.165, 1.54) is 19.1 Å². The summed E-state index contributed by atoms with van der Waals surface area (Å²) in [5.74, 6) is -0.372. The Morgan fingerprint density at radius 2 is 1.63 bits per heavy atom. The zero-order chi connectivity index (χ0) is 25.1. The van der Waals surface area contributed by atoms with E-state index in [-0.39, 0.29) is 12.3 Å². The molecule has 180 valence electrons. The average Bonchev–Trinajstić information content (AvgIpc) is 3.17. The van der Waals surface area contributed by atoms with Crippen LogP contribution in [-0.4, -0.2) is 42.9 Å². The molecule has 0 radical (unpaired) electrons. The summed E-state index contributed by atoms with van der Waals surface area (Å²) in [4.78, 5) is 43.0. The van der Waals surface area contributed by atoms with Gasteiger partial charge in [0.25, 0.3) is 11.8 Å². The first kappa shape index (κ1) is 24.3. The fourth-order valence-electron chi connectivity index (χ4n) is 4.29. The number of hydrogen-bond acceptors (Lipinski definition) is 5. The molecule has 1 saturated heterocycles. The summed E-state index contributed by atoms with van der Waals surface area (Å²) in [6.07, 6.45) is -0.127. The van der Waals surface area contributed by atoms with Gasteiger partial charge in [-0.25, -0.2) is 4.90 Å². The fourth-order valence-corrected chi connectivity index (χ4v) is 4.42. The van der Waals surface area contributed by atoms with Crippen molar-refractivity contribution in [1.29, 1.82) is 0 Å². The van der Waals surface area contributed by atoms with Crippen LogP contribution < -0.4 is 14.4 Å². The Balaban J connectivity index is 1.75. The molecule has 3 aromatic rings. The van der Waals surface area contributed by atoms with Gasteiger partial charge < -0.3 is 14.4 Å². The number of nitrogens with zero attached hydrogens (tertiary/aromatic N) is 2. The molecule has 7 nitrogen and oxygen atoms in total. The van der Waals surface area contributed by atoms with E-state index >= 15 is 0 Å². The second-order valence-electron chi connectivity index (χ2n) is 8.13. The third-order valence-electron chi connectivity index (χ3n) is 6.11. The van der Waals surface area contributed by atoms with Crippen molar-refractivity contribution in [2.45, 2.75) is 25.4 Å². The molecule has 3 aromatic carbocycles. The van der Waals surface area contributed by atoms with Gasteiger partial charge in [0.05, 0.1) is 32.4 Å². The topological polar surface area (TPSA) is 76.2 Å². The standard InChI is InChI=1S/C27H25ClN2O5/c1-17(18-7-5-4-6-8-18)29(26(32)19-9-14-23(34-2)24(15-19)35-3)22-16-25(31)30(27(22)33)21-12-10-20(28)11-13-21/h4-15,17,22H,16H2,1-3H3. The molecule has 0 saturated carbocycles. The lowest BCUT2D eigenvalue weighted by Crippen LogP contribution is -2.46. The van der Waals surface area contributed by atoms with Gasteiger partial charge in [0, 0.05) is 10.6 Å². The molecule has 3 amide bonds. The number of anilines is 1. The van der Waals surface area contributed by atoms with Crippen LogP contribution in [-0.2, 0) is 9.59 Å². The van der Waals surface area contributed by atoms with E-state index in [0.717, 1.165) is 10.5 Å². The minimum absolute atomic E-state index is 0.127. The predicted octanol–water partition coefficient (Wildman–Crippen LogP) is 4.89. The lowest BCUT2D eigenvalue weighted by Gasteiger charge is -2.34. The number of benzene rings is 3. The summed E-state index contributed by atoms with van der Waals surface area (Å²) in [6.45, 7) is 1.84. The highest BCUT2D eigenvalue weighted by molar-refractivity contribution is 6.31. The monoisotopic (exact) mass is 492 g/mol. The molecule has 0 aliphatic carbocycles. The highest BCUT2D eigenvalue weighted by atomic mass is 35.5. The summed E-state index contributed by atoms with van der Waals surface area (Å²) < 4.78 is 10.7. The van der Waals surface area contributed by atoms with Crippen molar-refractivity contribution in [2.75, 3.05) is 19.1 Å². The number of halogens is 1. The first-order valence-corrected chi connectivity index (χ1v) is 11.5. The molecule has 0 spiro atoms. The molecule has 1 aliphatic rings. The molecule has 8 heteroatoms. The van der Waals surface area contributed by atoms with E-state index in [2.05, 4.69) is 0 Å². The number of rotatable bonds is 7. The van der Waals surface area contributed by atoms with Gasteiger partial charge in [0.1, 0.15) is 6.04 Å². The van der Waals surface area contributed by atoms with Gasteiger partial charge in [-0.3, -0.25) is 14.4 Å². The summed E-state index contributed by atoms with van der Waals surface area (Å²) in [5.41, 5.74) is 1.57. The second kappa shape index (κ2) is 10.2. The quantitative estimate of drug-likeness (QED) is 0.439. The minimum Gasteiger partial charge on any atom is -0.493 e. The molecule has 0 aromatic heterocycles. The zero-order valence-corrected chi connectivity index (χ0v) is 20.4. The van der Waals surface area contributed by atoms with Crippen molar-refractivity contribution >= 4 is 35.0 Å². The molecule has 2 unspecified atom stereocenters. The van der Waals surface area contributed by atoms with E-state index in [1.54, 1.807) is 42.5 Å². The summed E-state index contributed by atoms with van der Waals surface area (Å²) in [7, 11) is 3.00. The van der Waals surface area contributed by atoms with E-state index in [0.29, 0.717) is 27.8 Å². The Labute approximate surface area is 208 Å². The number of carbonyl (C=O) groups excluding carboxylic acids is 3. The van der Waals surface area contributed by atoms with Gasteiger partial charge in [-0.1, -0.05) is 41.9 Å². The third-order valence-corrected chi connectivity index (χ3v) is 6.36. The van der Waals surface area contributed by atoms with Crippen LogP contribution in [0.1, 0.15) is 35.3 Å². The first-order valence-electron chi connectivity index (χ1n) is 11.1. The van der Waals surface area contributed by atoms with Crippen molar-refractivity contribution in [1.82, 2.24) is 4.90 Å².